The van der Waals surface area contributed by atoms with E-state index in [0.29, 0.717) is 30.2 Å². The molecule has 7 heteroatoms. The van der Waals surface area contributed by atoms with Crippen LogP contribution < -0.4 is 0 Å². The lowest BCUT2D eigenvalue weighted by Gasteiger charge is -2.29. The van der Waals surface area contributed by atoms with Gasteiger partial charge in [0.1, 0.15) is 18.1 Å². The van der Waals surface area contributed by atoms with Gasteiger partial charge in [0.25, 0.3) is 5.91 Å². The highest BCUT2D eigenvalue weighted by Crippen LogP contribution is 2.15. The Bertz CT molecular complexity index is 1120. The molecule has 36 heavy (non-hydrogen) atoms. The molecule has 0 unspecified atom stereocenters. The van der Waals surface area contributed by atoms with Crippen LogP contribution in [-0.4, -0.2) is 65.8 Å². The fraction of sp³-hybridized carbons (Fsp3) is 0.379. The molecule has 0 bridgehead atoms. The topological polar surface area (TPSA) is 57.0 Å². The quantitative estimate of drug-likeness (QED) is 0.364. The number of halogens is 1. The maximum absolute atomic E-state index is 13.6. The maximum atomic E-state index is 13.6. The van der Waals surface area contributed by atoms with Crippen molar-refractivity contribution < 1.29 is 14.0 Å². The van der Waals surface area contributed by atoms with E-state index in [1.807, 2.05) is 37.3 Å². The van der Waals surface area contributed by atoms with Gasteiger partial charge in [-0.3, -0.25) is 9.59 Å². The van der Waals surface area contributed by atoms with Crippen molar-refractivity contribution in [3.8, 4) is 0 Å². The number of furan rings is 1. The summed E-state index contributed by atoms with van der Waals surface area (Å²) in [5.74, 6) is 1.30. The minimum atomic E-state index is -0.156. The van der Waals surface area contributed by atoms with Gasteiger partial charge >= 0.3 is 0 Å². The van der Waals surface area contributed by atoms with Gasteiger partial charge in [0.2, 0.25) is 5.91 Å². The molecule has 0 atom stereocenters. The number of rotatable bonds is 11. The van der Waals surface area contributed by atoms with Crippen molar-refractivity contribution in [2.75, 3.05) is 39.3 Å². The van der Waals surface area contributed by atoms with Gasteiger partial charge in [0.15, 0.2) is 0 Å². The molecule has 190 valence electrons. The first kappa shape index (κ1) is 26.0. The third-order valence-corrected chi connectivity index (χ3v) is 6.85. The summed E-state index contributed by atoms with van der Waals surface area (Å²) in [6, 6.07) is 20.8. The maximum Gasteiger partial charge on any atom is 0.254 e. The molecule has 1 aliphatic rings. The van der Waals surface area contributed by atoms with Crippen LogP contribution in [0.5, 0.6) is 0 Å². The molecule has 0 spiro atoms. The molecule has 2 amide bonds. The Kier molecular flexibility index (Phi) is 9.20. The molecular weight excluding hydrogens is 474 g/mol. The van der Waals surface area contributed by atoms with E-state index >= 15 is 0 Å². The standard InChI is InChI=1S/C29H34ClN3O3/c1-23-9-14-27(36-23)21-32(18-15-24-7-3-2-4-8-24)28(34)22-33(20-19-31-16-5-6-17-31)29(35)25-10-12-26(30)13-11-25/h2-4,7-14H,5-6,15-22H2,1H3. The predicted octanol–water partition coefficient (Wildman–Crippen LogP) is 5.05. The second kappa shape index (κ2) is 12.7. The lowest BCUT2D eigenvalue weighted by Crippen LogP contribution is -2.45. The van der Waals surface area contributed by atoms with Crippen molar-refractivity contribution in [1.82, 2.24) is 14.7 Å². The van der Waals surface area contributed by atoms with Gasteiger partial charge in [-0.25, -0.2) is 0 Å². The van der Waals surface area contributed by atoms with Crippen LogP contribution in [0.2, 0.25) is 5.02 Å². The Labute approximate surface area is 218 Å². The predicted molar refractivity (Wildman–Crippen MR) is 142 cm³/mol. The molecule has 4 rings (SSSR count). The Hall–Kier alpha value is -3.09. The first-order valence-corrected chi connectivity index (χ1v) is 13.0. The second-order valence-corrected chi connectivity index (χ2v) is 9.78. The van der Waals surface area contributed by atoms with Crippen molar-refractivity contribution in [2.45, 2.75) is 32.7 Å². The van der Waals surface area contributed by atoms with E-state index in [1.54, 1.807) is 34.1 Å². The summed E-state index contributed by atoms with van der Waals surface area (Å²) in [6.45, 7) is 6.16. The molecular formula is C29H34ClN3O3. The molecule has 1 aromatic heterocycles. The van der Waals surface area contributed by atoms with Gasteiger partial charge in [0.05, 0.1) is 6.54 Å². The summed E-state index contributed by atoms with van der Waals surface area (Å²) in [6.07, 6.45) is 3.09. The summed E-state index contributed by atoms with van der Waals surface area (Å²) >= 11 is 6.03. The zero-order valence-electron chi connectivity index (χ0n) is 20.9. The number of aryl methyl sites for hydroxylation is 1. The number of nitrogens with zero attached hydrogens (tertiary/aromatic N) is 3. The van der Waals surface area contributed by atoms with E-state index in [0.717, 1.165) is 43.1 Å². The molecule has 2 aromatic carbocycles. The van der Waals surface area contributed by atoms with Crippen molar-refractivity contribution in [3.63, 3.8) is 0 Å². The molecule has 1 aliphatic heterocycles. The lowest BCUT2D eigenvalue weighted by atomic mass is 10.1. The number of benzene rings is 2. The zero-order chi connectivity index (χ0) is 25.3. The van der Waals surface area contributed by atoms with E-state index < -0.39 is 0 Å². The summed E-state index contributed by atoms with van der Waals surface area (Å²) in [5.41, 5.74) is 1.69. The van der Waals surface area contributed by atoms with Crippen LogP contribution >= 0.6 is 11.6 Å². The number of carbonyl (C=O) groups is 2. The van der Waals surface area contributed by atoms with E-state index in [-0.39, 0.29) is 18.4 Å². The summed E-state index contributed by atoms with van der Waals surface area (Å²) in [4.78, 5) is 32.9. The van der Waals surface area contributed by atoms with Gasteiger partial charge in [-0.1, -0.05) is 41.9 Å². The number of amides is 2. The molecule has 6 nitrogen and oxygen atoms in total. The largest absolute Gasteiger partial charge is 0.464 e. The van der Waals surface area contributed by atoms with Gasteiger partial charge in [-0.05, 0) is 81.2 Å². The Morgan fingerprint density at radius 1 is 0.917 bits per heavy atom. The van der Waals surface area contributed by atoms with Crippen LogP contribution in [-0.2, 0) is 17.8 Å². The van der Waals surface area contributed by atoms with Crippen molar-refractivity contribution in [2.24, 2.45) is 0 Å². The minimum Gasteiger partial charge on any atom is -0.464 e. The van der Waals surface area contributed by atoms with Gasteiger partial charge in [0, 0.05) is 30.2 Å². The normalized spacial score (nSPS) is 13.6. The molecule has 0 saturated carbocycles. The van der Waals surface area contributed by atoms with Gasteiger partial charge in [-0.15, -0.1) is 0 Å². The third kappa shape index (κ3) is 7.45. The van der Waals surface area contributed by atoms with Crippen LogP contribution in [0.15, 0.2) is 71.1 Å². The summed E-state index contributed by atoms with van der Waals surface area (Å²) in [5, 5.41) is 0.576. The number of carbonyl (C=O) groups excluding carboxylic acids is 2. The monoisotopic (exact) mass is 507 g/mol. The molecule has 1 fully saturated rings. The third-order valence-electron chi connectivity index (χ3n) is 6.60. The highest BCUT2D eigenvalue weighted by atomic mass is 35.5. The Balaban J connectivity index is 1.49. The fourth-order valence-corrected chi connectivity index (χ4v) is 4.64. The smallest absolute Gasteiger partial charge is 0.254 e. The minimum absolute atomic E-state index is 0.0176. The van der Waals surface area contributed by atoms with Gasteiger partial charge < -0.3 is 19.1 Å². The summed E-state index contributed by atoms with van der Waals surface area (Å²) < 4.78 is 5.77. The van der Waals surface area contributed by atoms with Crippen molar-refractivity contribution >= 4 is 23.4 Å². The average molecular weight is 508 g/mol. The number of hydrogen-bond acceptors (Lipinski definition) is 4. The van der Waals surface area contributed by atoms with Crippen LogP contribution in [0.3, 0.4) is 0 Å². The number of hydrogen-bond donors (Lipinski definition) is 0. The fourth-order valence-electron chi connectivity index (χ4n) is 4.52. The van der Waals surface area contributed by atoms with Crippen LogP contribution in [0.1, 0.15) is 40.3 Å². The van der Waals surface area contributed by atoms with Crippen molar-refractivity contribution in [3.05, 3.63) is 94.4 Å². The molecule has 0 N–H and O–H groups in total. The van der Waals surface area contributed by atoms with E-state index in [2.05, 4.69) is 17.0 Å². The summed E-state index contributed by atoms with van der Waals surface area (Å²) in [7, 11) is 0. The Morgan fingerprint density at radius 3 is 2.31 bits per heavy atom. The van der Waals surface area contributed by atoms with E-state index in [1.165, 1.54) is 12.8 Å². The Morgan fingerprint density at radius 2 is 1.64 bits per heavy atom. The number of likely N-dealkylation sites (tertiary alicyclic amines) is 1. The molecule has 1 saturated heterocycles. The second-order valence-electron chi connectivity index (χ2n) is 9.35. The zero-order valence-corrected chi connectivity index (χ0v) is 21.6. The molecule has 0 radical (unpaired) electrons. The average Bonchev–Trinajstić information content (AvgIpc) is 3.56. The first-order valence-electron chi connectivity index (χ1n) is 12.6. The lowest BCUT2D eigenvalue weighted by molar-refractivity contribution is -0.132. The molecule has 0 aliphatic carbocycles. The molecule has 2 heterocycles. The molecule has 3 aromatic rings. The van der Waals surface area contributed by atoms with Crippen molar-refractivity contribution in [1.29, 1.82) is 0 Å². The van der Waals surface area contributed by atoms with Crippen LogP contribution in [0, 0.1) is 6.92 Å². The highest BCUT2D eigenvalue weighted by Gasteiger charge is 2.24. The van der Waals surface area contributed by atoms with Crippen LogP contribution in [0.25, 0.3) is 0 Å². The van der Waals surface area contributed by atoms with E-state index in [4.69, 9.17) is 16.0 Å². The first-order chi connectivity index (χ1) is 17.5. The SMILES string of the molecule is Cc1ccc(CN(CCc2ccccc2)C(=O)CN(CCN2CCCC2)C(=O)c2ccc(Cl)cc2)o1. The van der Waals surface area contributed by atoms with Crippen LogP contribution in [0.4, 0.5) is 0 Å². The highest BCUT2D eigenvalue weighted by molar-refractivity contribution is 6.30. The van der Waals surface area contributed by atoms with Gasteiger partial charge in [-0.2, -0.15) is 0 Å². The van der Waals surface area contributed by atoms with E-state index in [9.17, 15) is 9.59 Å².